The Morgan fingerprint density at radius 1 is 1.33 bits per heavy atom. The Morgan fingerprint density at radius 3 is 2.67 bits per heavy atom. The molecule has 1 aliphatic rings. The molecule has 1 saturated carbocycles. The van der Waals surface area contributed by atoms with Gasteiger partial charge in [-0.2, -0.15) is 11.8 Å². The van der Waals surface area contributed by atoms with E-state index < -0.39 is 10.0 Å². The van der Waals surface area contributed by atoms with Gasteiger partial charge in [0, 0.05) is 23.6 Å². The third kappa shape index (κ3) is 7.62. The van der Waals surface area contributed by atoms with E-state index in [2.05, 4.69) is 5.32 Å². The molecule has 27 heavy (non-hydrogen) atoms. The molecule has 152 valence electrons. The van der Waals surface area contributed by atoms with Gasteiger partial charge in [-0.25, -0.2) is 8.42 Å². The number of carbonyl (C=O) groups is 1. The van der Waals surface area contributed by atoms with E-state index in [9.17, 15) is 13.2 Å². The minimum Gasteiger partial charge on any atom is -0.491 e. The molecular formula is C19H30N2O4S2. The van der Waals surface area contributed by atoms with Crippen molar-refractivity contribution in [3.63, 3.8) is 0 Å². The molecule has 1 aliphatic carbocycles. The Labute approximate surface area is 167 Å². The van der Waals surface area contributed by atoms with Gasteiger partial charge < -0.3 is 10.1 Å². The fourth-order valence-electron chi connectivity index (χ4n) is 3.04. The lowest BCUT2D eigenvalue weighted by molar-refractivity contribution is -0.119. The van der Waals surface area contributed by atoms with E-state index in [0.717, 1.165) is 16.3 Å². The molecule has 0 aliphatic heterocycles. The van der Waals surface area contributed by atoms with E-state index >= 15 is 0 Å². The maximum atomic E-state index is 12.3. The zero-order valence-electron chi connectivity index (χ0n) is 16.3. The van der Waals surface area contributed by atoms with Gasteiger partial charge >= 0.3 is 0 Å². The number of hydrogen-bond acceptors (Lipinski definition) is 5. The predicted molar refractivity (Wildman–Crippen MR) is 112 cm³/mol. The van der Waals surface area contributed by atoms with E-state index in [1.807, 2.05) is 25.6 Å². The van der Waals surface area contributed by atoms with Crippen LogP contribution < -0.4 is 14.4 Å². The van der Waals surface area contributed by atoms with Crippen LogP contribution in [0.25, 0.3) is 0 Å². The molecule has 1 N–H and O–H groups in total. The molecule has 8 heteroatoms. The van der Waals surface area contributed by atoms with Crippen molar-refractivity contribution < 1.29 is 17.9 Å². The van der Waals surface area contributed by atoms with Crippen molar-refractivity contribution in [3.05, 3.63) is 24.3 Å². The van der Waals surface area contributed by atoms with Crippen LogP contribution in [-0.4, -0.2) is 50.8 Å². The van der Waals surface area contributed by atoms with E-state index in [1.54, 1.807) is 24.3 Å². The Balaban J connectivity index is 1.93. The Morgan fingerprint density at radius 2 is 2.04 bits per heavy atom. The molecule has 6 nitrogen and oxygen atoms in total. The van der Waals surface area contributed by atoms with Crippen LogP contribution in [0.15, 0.2) is 24.3 Å². The largest absolute Gasteiger partial charge is 0.491 e. The standard InChI is InChI=1S/C19H30N2O4S2/c1-15(2)25-17-8-6-7-16(13-17)21(27(3,23)24)14-19(22)20-11-12-26-18-9-4-5-10-18/h6-8,13,15,18H,4-5,9-12,14H2,1-3H3,(H,20,22). The molecule has 0 spiro atoms. The van der Waals surface area contributed by atoms with Crippen LogP contribution in [0.1, 0.15) is 39.5 Å². The molecule has 1 amide bonds. The van der Waals surface area contributed by atoms with Crippen molar-refractivity contribution in [2.45, 2.75) is 50.9 Å². The first-order chi connectivity index (χ1) is 12.8. The van der Waals surface area contributed by atoms with E-state index in [1.165, 1.54) is 25.7 Å². The number of hydrogen-bond donors (Lipinski definition) is 1. The summed E-state index contributed by atoms with van der Waals surface area (Å²) in [7, 11) is -3.59. The minimum atomic E-state index is -3.59. The number of thioether (sulfide) groups is 1. The summed E-state index contributed by atoms with van der Waals surface area (Å²) in [5.74, 6) is 1.12. The summed E-state index contributed by atoms with van der Waals surface area (Å²) < 4.78 is 31.1. The smallest absolute Gasteiger partial charge is 0.240 e. The van der Waals surface area contributed by atoms with Crippen LogP contribution in [0.3, 0.4) is 0 Å². The minimum absolute atomic E-state index is 0.0207. The molecular weight excluding hydrogens is 384 g/mol. The van der Waals surface area contributed by atoms with Gasteiger partial charge in [0.2, 0.25) is 15.9 Å². The first-order valence-electron chi connectivity index (χ1n) is 9.38. The zero-order valence-corrected chi connectivity index (χ0v) is 17.9. The number of nitrogens with one attached hydrogen (secondary N) is 1. The number of rotatable bonds is 10. The van der Waals surface area contributed by atoms with Crippen LogP contribution in [0.4, 0.5) is 5.69 Å². The predicted octanol–water partition coefficient (Wildman–Crippen LogP) is 3.03. The third-order valence-corrected chi connectivity index (χ3v) is 6.77. The summed E-state index contributed by atoms with van der Waals surface area (Å²) in [5, 5.41) is 3.54. The topological polar surface area (TPSA) is 75.7 Å². The van der Waals surface area contributed by atoms with Crippen LogP contribution in [0.5, 0.6) is 5.75 Å². The summed E-state index contributed by atoms with van der Waals surface area (Å²) in [6.07, 6.45) is 6.20. The molecule has 1 fully saturated rings. The van der Waals surface area contributed by atoms with Crippen LogP contribution in [-0.2, 0) is 14.8 Å². The number of carbonyl (C=O) groups excluding carboxylic acids is 1. The van der Waals surface area contributed by atoms with Gasteiger partial charge in [-0.05, 0) is 38.8 Å². The zero-order chi connectivity index (χ0) is 19.9. The molecule has 0 atom stereocenters. The highest BCUT2D eigenvalue weighted by Gasteiger charge is 2.21. The summed E-state index contributed by atoms with van der Waals surface area (Å²) >= 11 is 1.89. The normalized spacial score (nSPS) is 15.1. The van der Waals surface area contributed by atoms with Gasteiger partial charge in [-0.15, -0.1) is 0 Å². The number of sulfonamides is 1. The molecule has 0 aromatic heterocycles. The van der Waals surface area contributed by atoms with Gasteiger partial charge in [-0.3, -0.25) is 9.10 Å². The highest BCUT2D eigenvalue weighted by Crippen LogP contribution is 2.29. The molecule has 0 radical (unpaired) electrons. The SMILES string of the molecule is CC(C)Oc1cccc(N(CC(=O)NCCSC2CCCC2)S(C)(=O)=O)c1. The molecule has 0 bridgehead atoms. The quantitative estimate of drug-likeness (QED) is 0.596. The second-order valence-corrected chi connectivity index (χ2v) is 10.4. The Bertz CT molecular complexity index is 716. The van der Waals surface area contributed by atoms with Crippen molar-refractivity contribution in [3.8, 4) is 5.75 Å². The van der Waals surface area contributed by atoms with Crippen molar-refractivity contribution in [2.24, 2.45) is 0 Å². The van der Waals surface area contributed by atoms with Crippen LogP contribution in [0, 0.1) is 0 Å². The maximum absolute atomic E-state index is 12.3. The molecule has 0 unspecified atom stereocenters. The Kier molecular flexibility index (Phi) is 8.28. The number of ether oxygens (including phenoxy) is 1. The summed E-state index contributed by atoms with van der Waals surface area (Å²) in [6, 6.07) is 6.80. The van der Waals surface area contributed by atoms with E-state index in [0.29, 0.717) is 23.2 Å². The van der Waals surface area contributed by atoms with Crippen molar-refractivity contribution >= 4 is 33.4 Å². The molecule has 2 rings (SSSR count). The van der Waals surface area contributed by atoms with E-state index in [4.69, 9.17) is 4.74 Å². The number of amides is 1. The molecule has 0 heterocycles. The second kappa shape index (κ2) is 10.2. The Hall–Kier alpha value is -1.41. The van der Waals surface area contributed by atoms with Crippen LogP contribution >= 0.6 is 11.8 Å². The monoisotopic (exact) mass is 414 g/mol. The lowest BCUT2D eigenvalue weighted by Gasteiger charge is -2.23. The fourth-order valence-corrected chi connectivity index (χ4v) is 5.11. The average Bonchev–Trinajstić information content (AvgIpc) is 3.08. The average molecular weight is 415 g/mol. The summed E-state index contributed by atoms with van der Waals surface area (Å²) in [6.45, 7) is 4.11. The fraction of sp³-hybridized carbons (Fsp3) is 0.632. The van der Waals surface area contributed by atoms with Crippen LogP contribution in [0.2, 0.25) is 0 Å². The highest BCUT2D eigenvalue weighted by molar-refractivity contribution is 7.99. The van der Waals surface area contributed by atoms with Gasteiger partial charge in [0.15, 0.2) is 0 Å². The first-order valence-corrected chi connectivity index (χ1v) is 12.3. The van der Waals surface area contributed by atoms with Crippen molar-refractivity contribution in [1.29, 1.82) is 0 Å². The second-order valence-electron chi connectivity index (χ2n) is 7.06. The third-order valence-electron chi connectivity index (χ3n) is 4.24. The van der Waals surface area contributed by atoms with Gasteiger partial charge in [0.25, 0.3) is 0 Å². The summed E-state index contributed by atoms with van der Waals surface area (Å²) in [5.41, 5.74) is 0.422. The molecule has 1 aromatic carbocycles. The van der Waals surface area contributed by atoms with Crippen molar-refractivity contribution in [2.75, 3.05) is 29.4 Å². The van der Waals surface area contributed by atoms with Crippen molar-refractivity contribution in [1.82, 2.24) is 5.32 Å². The first kappa shape index (κ1) is 21.9. The maximum Gasteiger partial charge on any atom is 0.240 e. The molecule has 0 saturated heterocycles. The van der Waals surface area contributed by atoms with Gasteiger partial charge in [0.1, 0.15) is 12.3 Å². The lowest BCUT2D eigenvalue weighted by atomic mass is 10.3. The van der Waals surface area contributed by atoms with E-state index in [-0.39, 0.29) is 18.6 Å². The van der Waals surface area contributed by atoms with Gasteiger partial charge in [-0.1, -0.05) is 18.9 Å². The number of benzene rings is 1. The number of anilines is 1. The van der Waals surface area contributed by atoms with Gasteiger partial charge in [0.05, 0.1) is 18.0 Å². The summed E-state index contributed by atoms with van der Waals surface area (Å²) in [4.78, 5) is 12.3. The lowest BCUT2D eigenvalue weighted by Crippen LogP contribution is -2.41. The number of nitrogens with zero attached hydrogens (tertiary/aromatic N) is 1. The highest BCUT2D eigenvalue weighted by atomic mass is 32.2. The molecule has 1 aromatic rings.